The Hall–Kier alpha value is -3.14. The normalized spacial score (nSPS) is 20.6. The van der Waals surface area contributed by atoms with E-state index in [4.69, 9.17) is 0 Å². The minimum atomic E-state index is -3.97. The number of halogens is 1. The molecule has 9 heteroatoms. The van der Waals surface area contributed by atoms with E-state index in [-0.39, 0.29) is 49.3 Å². The number of amides is 2. The van der Waals surface area contributed by atoms with Crippen molar-refractivity contribution in [1.29, 1.82) is 0 Å². The molecule has 0 aromatic heterocycles. The molecule has 2 aliphatic rings. The van der Waals surface area contributed by atoms with Gasteiger partial charge in [0.15, 0.2) is 0 Å². The third-order valence-corrected chi connectivity index (χ3v) is 8.21. The van der Waals surface area contributed by atoms with Gasteiger partial charge in [0, 0.05) is 26.2 Å². The molecule has 1 atom stereocenters. The van der Waals surface area contributed by atoms with Crippen molar-refractivity contribution < 1.29 is 22.4 Å². The average molecular weight is 468 g/mol. The van der Waals surface area contributed by atoms with E-state index < -0.39 is 21.9 Å². The van der Waals surface area contributed by atoms with E-state index in [0.29, 0.717) is 5.69 Å². The van der Waals surface area contributed by atoms with Crippen LogP contribution in [0, 0.1) is 5.82 Å². The van der Waals surface area contributed by atoms with E-state index in [1.54, 1.807) is 6.07 Å². The minimum absolute atomic E-state index is 0.0473. The first-order chi connectivity index (χ1) is 15.9. The molecule has 0 radical (unpaired) electrons. The molecule has 5 rings (SSSR count). The zero-order valence-corrected chi connectivity index (χ0v) is 18.5. The van der Waals surface area contributed by atoms with Crippen molar-refractivity contribution >= 4 is 38.3 Å². The van der Waals surface area contributed by atoms with Crippen LogP contribution in [0.5, 0.6) is 0 Å². The summed E-state index contributed by atoms with van der Waals surface area (Å²) in [6.07, 6.45) is 0.0473. The molecule has 0 N–H and O–H groups in total. The zero-order valence-electron chi connectivity index (χ0n) is 17.7. The Morgan fingerprint density at radius 3 is 2.21 bits per heavy atom. The van der Waals surface area contributed by atoms with Crippen LogP contribution in [-0.4, -0.2) is 61.7 Å². The first kappa shape index (κ1) is 21.7. The Balaban J connectivity index is 1.31. The standard InChI is InChI=1S/C24H22FN3O4S/c25-20-7-3-4-8-22(20)33(31,32)27-13-11-26(12-14-27)21-16-23(29)28(24(21)30)19-10-9-17-5-1-2-6-18(17)15-19/h1-10,15,21H,11-14,16H2/t21-/m1/s1. The molecular formula is C24H22FN3O4S. The Labute approximate surface area is 191 Å². The highest BCUT2D eigenvalue weighted by atomic mass is 32.2. The third-order valence-electron chi connectivity index (χ3n) is 6.28. The minimum Gasteiger partial charge on any atom is -0.289 e. The van der Waals surface area contributed by atoms with Gasteiger partial charge in [-0.1, -0.05) is 42.5 Å². The van der Waals surface area contributed by atoms with Crippen molar-refractivity contribution in [3.8, 4) is 0 Å². The molecule has 170 valence electrons. The highest BCUT2D eigenvalue weighted by Gasteiger charge is 2.44. The molecule has 7 nitrogen and oxygen atoms in total. The fourth-order valence-corrected chi connectivity index (χ4v) is 6.02. The number of hydrogen-bond donors (Lipinski definition) is 0. The van der Waals surface area contributed by atoms with Crippen LogP contribution >= 0.6 is 0 Å². The van der Waals surface area contributed by atoms with E-state index in [1.165, 1.54) is 27.4 Å². The molecule has 0 bridgehead atoms. The van der Waals surface area contributed by atoms with Gasteiger partial charge in [-0.05, 0) is 35.0 Å². The smallest absolute Gasteiger partial charge is 0.251 e. The molecule has 2 fully saturated rings. The maximum Gasteiger partial charge on any atom is 0.251 e. The maximum atomic E-state index is 14.1. The van der Waals surface area contributed by atoms with Gasteiger partial charge in [0.1, 0.15) is 10.7 Å². The van der Waals surface area contributed by atoms with E-state index in [2.05, 4.69) is 0 Å². The van der Waals surface area contributed by atoms with Crippen LogP contribution in [0.4, 0.5) is 10.1 Å². The lowest BCUT2D eigenvalue weighted by atomic mass is 10.1. The number of anilines is 1. The maximum absolute atomic E-state index is 14.1. The lowest BCUT2D eigenvalue weighted by Gasteiger charge is -2.36. The number of imide groups is 1. The van der Waals surface area contributed by atoms with Gasteiger partial charge in [0.05, 0.1) is 18.2 Å². The van der Waals surface area contributed by atoms with Crippen molar-refractivity contribution in [1.82, 2.24) is 9.21 Å². The van der Waals surface area contributed by atoms with Crippen molar-refractivity contribution in [3.05, 3.63) is 72.5 Å². The second kappa shape index (κ2) is 8.33. The fourth-order valence-electron chi connectivity index (χ4n) is 4.54. The lowest BCUT2D eigenvalue weighted by molar-refractivity contribution is -0.123. The molecule has 0 spiro atoms. The Morgan fingerprint density at radius 1 is 0.818 bits per heavy atom. The number of carbonyl (C=O) groups excluding carboxylic acids is 2. The number of carbonyl (C=O) groups is 2. The molecule has 0 saturated carbocycles. The summed E-state index contributed by atoms with van der Waals surface area (Å²) in [5.74, 6) is -1.37. The Morgan fingerprint density at radius 2 is 1.48 bits per heavy atom. The number of fused-ring (bicyclic) bond motifs is 1. The summed E-state index contributed by atoms with van der Waals surface area (Å²) in [5, 5.41) is 1.95. The predicted molar refractivity (Wildman–Crippen MR) is 122 cm³/mol. The highest BCUT2D eigenvalue weighted by molar-refractivity contribution is 7.89. The number of nitrogens with zero attached hydrogens (tertiary/aromatic N) is 3. The summed E-state index contributed by atoms with van der Waals surface area (Å²) in [6, 6.07) is 17.8. The molecule has 2 heterocycles. The van der Waals surface area contributed by atoms with Crippen LogP contribution in [0.3, 0.4) is 0 Å². The summed E-state index contributed by atoms with van der Waals surface area (Å²) >= 11 is 0. The van der Waals surface area contributed by atoms with Gasteiger partial charge < -0.3 is 0 Å². The first-order valence-electron chi connectivity index (χ1n) is 10.7. The molecule has 2 saturated heterocycles. The topological polar surface area (TPSA) is 78.0 Å². The van der Waals surface area contributed by atoms with Crippen LogP contribution in [0.25, 0.3) is 10.8 Å². The molecular weight excluding hydrogens is 445 g/mol. The molecule has 2 aliphatic heterocycles. The van der Waals surface area contributed by atoms with Crippen LogP contribution in [0.2, 0.25) is 0 Å². The van der Waals surface area contributed by atoms with Crippen molar-refractivity contribution in [2.24, 2.45) is 0 Å². The number of benzene rings is 3. The van der Waals surface area contributed by atoms with Gasteiger partial charge in [0.2, 0.25) is 15.9 Å². The number of rotatable bonds is 4. The van der Waals surface area contributed by atoms with Gasteiger partial charge in [-0.2, -0.15) is 4.31 Å². The summed E-state index contributed by atoms with van der Waals surface area (Å²) in [6.45, 7) is 0.793. The van der Waals surface area contributed by atoms with E-state index >= 15 is 0 Å². The predicted octanol–water partition coefficient (Wildman–Crippen LogP) is 2.62. The molecule has 0 aliphatic carbocycles. The third kappa shape index (κ3) is 3.82. The SMILES string of the molecule is O=C1C[C@@H](N2CCN(S(=O)(=O)c3ccccc3F)CC2)C(=O)N1c1ccc2ccccc2c1. The number of hydrogen-bond acceptors (Lipinski definition) is 5. The summed E-state index contributed by atoms with van der Waals surface area (Å²) in [4.78, 5) is 28.6. The second-order valence-electron chi connectivity index (χ2n) is 8.19. The summed E-state index contributed by atoms with van der Waals surface area (Å²) < 4.78 is 41.0. The van der Waals surface area contributed by atoms with Crippen molar-refractivity contribution in [3.63, 3.8) is 0 Å². The Kier molecular flexibility index (Phi) is 5.48. The van der Waals surface area contributed by atoms with Gasteiger partial charge in [0.25, 0.3) is 5.91 Å². The molecule has 3 aromatic rings. The highest BCUT2D eigenvalue weighted by Crippen LogP contribution is 2.29. The van der Waals surface area contributed by atoms with Gasteiger partial charge >= 0.3 is 0 Å². The lowest BCUT2D eigenvalue weighted by Crippen LogP contribution is -2.53. The Bertz CT molecular complexity index is 1350. The second-order valence-corrected chi connectivity index (χ2v) is 10.1. The number of piperazine rings is 1. The van der Waals surface area contributed by atoms with E-state index in [0.717, 1.165) is 16.8 Å². The largest absolute Gasteiger partial charge is 0.289 e. The van der Waals surface area contributed by atoms with Crippen LogP contribution < -0.4 is 4.90 Å². The summed E-state index contributed by atoms with van der Waals surface area (Å²) in [7, 11) is -3.97. The average Bonchev–Trinajstić information content (AvgIpc) is 3.12. The van der Waals surface area contributed by atoms with Gasteiger partial charge in [-0.15, -0.1) is 0 Å². The van der Waals surface area contributed by atoms with Crippen molar-refractivity contribution in [2.45, 2.75) is 17.4 Å². The van der Waals surface area contributed by atoms with Crippen LogP contribution in [0.1, 0.15) is 6.42 Å². The van der Waals surface area contributed by atoms with Gasteiger partial charge in [-0.3, -0.25) is 14.5 Å². The number of sulfonamides is 1. The van der Waals surface area contributed by atoms with Crippen molar-refractivity contribution in [2.75, 3.05) is 31.1 Å². The van der Waals surface area contributed by atoms with Gasteiger partial charge in [-0.25, -0.2) is 17.7 Å². The molecule has 33 heavy (non-hydrogen) atoms. The van der Waals surface area contributed by atoms with E-state index in [9.17, 15) is 22.4 Å². The quantitative estimate of drug-likeness (QED) is 0.552. The molecule has 0 unspecified atom stereocenters. The molecule has 3 aromatic carbocycles. The fraction of sp³-hybridized carbons (Fsp3) is 0.250. The van der Waals surface area contributed by atoms with Crippen LogP contribution in [0.15, 0.2) is 71.6 Å². The molecule has 2 amide bonds. The summed E-state index contributed by atoms with van der Waals surface area (Å²) in [5.41, 5.74) is 0.534. The monoisotopic (exact) mass is 467 g/mol. The van der Waals surface area contributed by atoms with Crippen LogP contribution in [-0.2, 0) is 19.6 Å². The van der Waals surface area contributed by atoms with E-state index in [1.807, 2.05) is 41.3 Å². The zero-order chi connectivity index (χ0) is 23.2. The first-order valence-corrected chi connectivity index (χ1v) is 12.1.